The van der Waals surface area contributed by atoms with E-state index in [1.165, 1.54) is 11.0 Å². The maximum absolute atomic E-state index is 11.2. The van der Waals surface area contributed by atoms with Crippen LogP contribution in [0.5, 0.6) is 0 Å². The number of hydrogen-bond donors (Lipinski definition) is 0. The molecule has 126 valence electrons. The van der Waals surface area contributed by atoms with Gasteiger partial charge in [0, 0.05) is 36.6 Å². The molecule has 0 atom stereocenters. The van der Waals surface area contributed by atoms with Crippen LogP contribution < -0.4 is 0 Å². The molecule has 0 saturated heterocycles. The molecule has 1 amide bonds. The van der Waals surface area contributed by atoms with E-state index in [1.807, 2.05) is 24.3 Å². The van der Waals surface area contributed by atoms with Crippen molar-refractivity contribution in [2.45, 2.75) is 6.42 Å². The third-order valence-electron chi connectivity index (χ3n) is 2.96. The van der Waals surface area contributed by atoms with E-state index in [-0.39, 0.29) is 5.91 Å². The zero-order valence-electron chi connectivity index (χ0n) is 13.6. The molecule has 2 rings (SSSR count). The first kappa shape index (κ1) is 19.9. The Hall–Kier alpha value is -2.10. The van der Waals surface area contributed by atoms with Crippen LogP contribution in [0.2, 0.25) is 10.0 Å². The summed E-state index contributed by atoms with van der Waals surface area (Å²) in [6, 6.07) is 14.6. The van der Waals surface area contributed by atoms with Gasteiger partial charge >= 0.3 is 0 Å². The fraction of sp³-hybridized carbons (Fsp3) is 0.158. The summed E-state index contributed by atoms with van der Waals surface area (Å²) in [7, 11) is 3.43. The molecule has 0 fully saturated rings. The second-order valence-corrected chi connectivity index (χ2v) is 5.99. The molecular weight excluding hydrogens is 345 g/mol. The minimum absolute atomic E-state index is 0.0278. The summed E-state index contributed by atoms with van der Waals surface area (Å²) in [6.45, 7) is 0. The zero-order chi connectivity index (χ0) is 17.9. The van der Waals surface area contributed by atoms with Gasteiger partial charge in [-0.1, -0.05) is 47.5 Å². The van der Waals surface area contributed by atoms with Gasteiger partial charge in [0.2, 0.25) is 5.91 Å². The molecular formula is C19H19Cl2NO2. The first-order chi connectivity index (χ1) is 11.4. The third-order valence-corrected chi connectivity index (χ3v) is 3.47. The highest BCUT2D eigenvalue weighted by atomic mass is 35.5. The van der Waals surface area contributed by atoms with Gasteiger partial charge in [-0.3, -0.25) is 4.79 Å². The molecule has 0 N–H and O–H groups in total. The molecule has 0 saturated carbocycles. The van der Waals surface area contributed by atoms with Gasteiger partial charge in [0.1, 0.15) is 6.29 Å². The highest BCUT2D eigenvalue weighted by molar-refractivity contribution is 6.30. The van der Waals surface area contributed by atoms with Crippen molar-refractivity contribution in [3.63, 3.8) is 0 Å². The summed E-state index contributed by atoms with van der Waals surface area (Å²) in [6.07, 6.45) is 4.64. The number of carbonyl (C=O) groups is 2. The van der Waals surface area contributed by atoms with Crippen molar-refractivity contribution in [1.82, 2.24) is 4.90 Å². The van der Waals surface area contributed by atoms with Crippen molar-refractivity contribution >= 4 is 41.5 Å². The van der Waals surface area contributed by atoms with Gasteiger partial charge < -0.3 is 9.69 Å². The molecule has 0 heterocycles. The smallest absolute Gasteiger partial charge is 0.246 e. The molecule has 3 nitrogen and oxygen atoms in total. The summed E-state index contributed by atoms with van der Waals surface area (Å²) < 4.78 is 0. The lowest BCUT2D eigenvalue weighted by Gasteiger charge is -2.04. The summed E-state index contributed by atoms with van der Waals surface area (Å²) in [5.74, 6) is -0.0278. The van der Waals surface area contributed by atoms with E-state index in [1.54, 1.807) is 44.4 Å². The normalized spacial score (nSPS) is 10.0. The monoisotopic (exact) mass is 363 g/mol. The average molecular weight is 364 g/mol. The minimum atomic E-state index is -0.0278. The van der Waals surface area contributed by atoms with Crippen molar-refractivity contribution in [3.8, 4) is 0 Å². The summed E-state index contributed by atoms with van der Waals surface area (Å²) in [4.78, 5) is 22.7. The molecule has 0 radical (unpaired) electrons. The molecule has 0 aliphatic rings. The molecule has 5 heteroatoms. The van der Waals surface area contributed by atoms with Crippen molar-refractivity contribution in [2.75, 3.05) is 14.1 Å². The van der Waals surface area contributed by atoms with Gasteiger partial charge in [-0.05, 0) is 41.5 Å². The number of aldehydes is 1. The minimum Gasteiger partial charge on any atom is -0.345 e. The highest BCUT2D eigenvalue weighted by Gasteiger charge is 1.96. The van der Waals surface area contributed by atoms with Crippen LogP contribution in [0.25, 0.3) is 6.08 Å². The van der Waals surface area contributed by atoms with Gasteiger partial charge in [0.15, 0.2) is 0 Å². The molecule has 0 aliphatic carbocycles. The fourth-order valence-electron chi connectivity index (χ4n) is 1.61. The molecule has 0 aliphatic heterocycles. The Morgan fingerprint density at radius 2 is 1.46 bits per heavy atom. The SMILES string of the molecule is CN(C)C(=O)C=Cc1ccc(Cl)cc1.O=CCc1ccc(Cl)cc1. The van der Waals surface area contributed by atoms with Gasteiger partial charge in [-0.25, -0.2) is 0 Å². The van der Waals surface area contributed by atoms with Crippen LogP contribution in [0.15, 0.2) is 54.6 Å². The molecule has 0 aromatic heterocycles. The fourth-order valence-corrected chi connectivity index (χ4v) is 1.86. The number of amides is 1. The Morgan fingerprint density at radius 3 is 1.92 bits per heavy atom. The predicted octanol–water partition coefficient (Wildman–Crippen LogP) is 4.52. The van der Waals surface area contributed by atoms with Crippen molar-refractivity contribution < 1.29 is 9.59 Å². The molecule has 0 unspecified atom stereocenters. The Labute approximate surface area is 152 Å². The van der Waals surface area contributed by atoms with Gasteiger partial charge in [-0.15, -0.1) is 0 Å². The predicted molar refractivity (Wildman–Crippen MR) is 100 cm³/mol. The van der Waals surface area contributed by atoms with Crippen LogP contribution in [0, 0.1) is 0 Å². The third kappa shape index (κ3) is 7.95. The van der Waals surface area contributed by atoms with E-state index in [0.29, 0.717) is 16.5 Å². The molecule has 2 aromatic rings. The maximum atomic E-state index is 11.2. The second kappa shape index (κ2) is 10.6. The van der Waals surface area contributed by atoms with E-state index in [0.717, 1.165) is 17.4 Å². The summed E-state index contributed by atoms with van der Waals surface area (Å²) in [5, 5.41) is 1.40. The maximum Gasteiger partial charge on any atom is 0.246 e. The van der Waals surface area contributed by atoms with E-state index in [4.69, 9.17) is 23.2 Å². The average Bonchev–Trinajstić information content (AvgIpc) is 2.57. The summed E-state index contributed by atoms with van der Waals surface area (Å²) >= 11 is 11.3. The Balaban J connectivity index is 0.000000254. The number of halogens is 2. The second-order valence-electron chi connectivity index (χ2n) is 5.11. The Bertz CT molecular complexity index is 678. The Kier molecular flexibility index (Phi) is 8.84. The van der Waals surface area contributed by atoms with E-state index >= 15 is 0 Å². The number of rotatable bonds is 4. The van der Waals surface area contributed by atoms with Crippen LogP contribution in [0.4, 0.5) is 0 Å². The summed E-state index contributed by atoms with van der Waals surface area (Å²) in [5.41, 5.74) is 1.96. The van der Waals surface area contributed by atoms with Crippen LogP contribution in [-0.2, 0) is 16.0 Å². The number of hydrogen-bond acceptors (Lipinski definition) is 2. The number of carbonyl (C=O) groups excluding carboxylic acids is 2. The van der Waals surface area contributed by atoms with Crippen molar-refractivity contribution in [2.24, 2.45) is 0 Å². The van der Waals surface area contributed by atoms with Crippen LogP contribution in [0.1, 0.15) is 11.1 Å². The molecule has 2 aromatic carbocycles. The van der Waals surface area contributed by atoms with E-state index in [2.05, 4.69) is 0 Å². The van der Waals surface area contributed by atoms with Crippen molar-refractivity contribution in [1.29, 1.82) is 0 Å². The van der Waals surface area contributed by atoms with Gasteiger partial charge in [0.25, 0.3) is 0 Å². The van der Waals surface area contributed by atoms with Gasteiger partial charge in [0.05, 0.1) is 0 Å². The first-order valence-corrected chi connectivity index (χ1v) is 8.01. The molecule has 24 heavy (non-hydrogen) atoms. The van der Waals surface area contributed by atoms with E-state index < -0.39 is 0 Å². The number of nitrogens with zero attached hydrogens (tertiary/aromatic N) is 1. The lowest BCUT2D eigenvalue weighted by Crippen LogP contribution is -2.18. The number of benzene rings is 2. The highest BCUT2D eigenvalue weighted by Crippen LogP contribution is 2.10. The van der Waals surface area contributed by atoms with Gasteiger partial charge in [-0.2, -0.15) is 0 Å². The lowest BCUT2D eigenvalue weighted by atomic mass is 10.2. The first-order valence-electron chi connectivity index (χ1n) is 7.25. The van der Waals surface area contributed by atoms with Crippen LogP contribution >= 0.6 is 23.2 Å². The Morgan fingerprint density at radius 1 is 0.958 bits per heavy atom. The quantitative estimate of drug-likeness (QED) is 0.591. The molecule has 0 spiro atoms. The zero-order valence-corrected chi connectivity index (χ0v) is 15.1. The van der Waals surface area contributed by atoms with Crippen molar-refractivity contribution in [3.05, 3.63) is 75.8 Å². The molecule has 0 bridgehead atoms. The van der Waals surface area contributed by atoms with Crippen LogP contribution in [-0.4, -0.2) is 31.2 Å². The van der Waals surface area contributed by atoms with Crippen LogP contribution in [0.3, 0.4) is 0 Å². The lowest BCUT2D eigenvalue weighted by molar-refractivity contribution is -0.123. The number of likely N-dealkylation sites (N-methyl/N-ethyl adjacent to an activating group) is 1. The van der Waals surface area contributed by atoms with E-state index in [9.17, 15) is 9.59 Å². The topological polar surface area (TPSA) is 37.4 Å². The largest absolute Gasteiger partial charge is 0.345 e. The standard InChI is InChI=1S/C11H12ClNO.C8H7ClO/c1-13(2)11(14)8-5-9-3-6-10(12)7-4-9;9-8-3-1-7(2-4-8)5-6-10/h3-8H,1-2H3;1-4,6H,5H2.